The first-order valence-electron chi connectivity index (χ1n) is 4.38. The van der Waals surface area contributed by atoms with Crippen LogP contribution in [-0.2, 0) is 6.54 Å². The molecule has 0 spiro atoms. The van der Waals surface area contributed by atoms with Gasteiger partial charge < -0.3 is 0 Å². The molecule has 0 bridgehead atoms. The van der Waals surface area contributed by atoms with Crippen LogP contribution in [-0.4, -0.2) is 9.55 Å². The zero-order valence-electron chi connectivity index (χ0n) is 8.38. The van der Waals surface area contributed by atoms with Crippen LogP contribution in [0.5, 0.6) is 0 Å². The Morgan fingerprint density at radius 2 is 2.36 bits per heavy atom. The molecule has 76 valence electrons. The lowest BCUT2D eigenvalue weighted by Crippen LogP contribution is -2.22. The third-order valence-electron chi connectivity index (χ3n) is 1.94. The van der Waals surface area contributed by atoms with E-state index < -0.39 is 0 Å². The normalized spacial score (nSPS) is 10.2. The molecule has 1 aromatic rings. The summed E-state index contributed by atoms with van der Waals surface area (Å²) in [5, 5.41) is 0. The molecule has 0 N–H and O–H groups in total. The van der Waals surface area contributed by atoms with Crippen molar-refractivity contribution in [3.8, 4) is 0 Å². The molecule has 0 radical (unpaired) electrons. The van der Waals surface area contributed by atoms with Gasteiger partial charge in [0.2, 0.25) is 0 Å². The second-order valence-corrected chi connectivity index (χ2v) is 4.14. The largest absolute Gasteiger partial charge is 0.298 e. The number of nitrogens with zero attached hydrogens (tertiary/aromatic N) is 2. The van der Waals surface area contributed by atoms with E-state index in [4.69, 9.17) is 0 Å². The van der Waals surface area contributed by atoms with Crippen molar-refractivity contribution in [1.29, 1.82) is 0 Å². The van der Waals surface area contributed by atoms with Gasteiger partial charge >= 0.3 is 0 Å². The minimum atomic E-state index is -0.0289. The summed E-state index contributed by atoms with van der Waals surface area (Å²) < 4.78 is 2.13. The van der Waals surface area contributed by atoms with Gasteiger partial charge in [0.25, 0.3) is 5.56 Å². The molecule has 0 amide bonds. The Morgan fingerprint density at radius 1 is 1.71 bits per heavy atom. The molecule has 0 saturated heterocycles. The summed E-state index contributed by atoms with van der Waals surface area (Å²) in [6.45, 7) is 8.18. The SMILES string of the molecule is C=C(C)CCn1cnc(C)c(Br)c1=O. The molecule has 1 aromatic heterocycles. The quantitative estimate of drug-likeness (QED) is 0.778. The maximum absolute atomic E-state index is 11.6. The highest BCUT2D eigenvalue weighted by Crippen LogP contribution is 2.06. The molecule has 0 aliphatic heterocycles. The van der Waals surface area contributed by atoms with Gasteiger partial charge in [-0.05, 0) is 36.2 Å². The number of hydrogen-bond donors (Lipinski definition) is 0. The highest BCUT2D eigenvalue weighted by Gasteiger charge is 2.04. The molecule has 0 aromatic carbocycles. The van der Waals surface area contributed by atoms with Crippen molar-refractivity contribution >= 4 is 15.9 Å². The van der Waals surface area contributed by atoms with E-state index in [1.807, 2.05) is 6.92 Å². The molecule has 14 heavy (non-hydrogen) atoms. The summed E-state index contributed by atoms with van der Waals surface area (Å²) >= 11 is 3.22. The molecule has 0 aliphatic carbocycles. The first kappa shape index (κ1) is 11.2. The minimum Gasteiger partial charge on any atom is -0.298 e. The van der Waals surface area contributed by atoms with Gasteiger partial charge in [-0.2, -0.15) is 0 Å². The number of halogens is 1. The Labute approximate surface area is 91.6 Å². The van der Waals surface area contributed by atoms with Crippen molar-refractivity contribution in [2.45, 2.75) is 26.8 Å². The third kappa shape index (κ3) is 2.54. The van der Waals surface area contributed by atoms with E-state index in [9.17, 15) is 4.79 Å². The summed E-state index contributed by atoms with van der Waals surface area (Å²) in [6, 6.07) is 0. The second-order valence-electron chi connectivity index (χ2n) is 3.35. The second kappa shape index (κ2) is 4.55. The molecular formula is C10H13BrN2O. The van der Waals surface area contributed by atoms with E-state index in [1.54, 1.807) is 17.8 Å². The van der Waals surface area contributed by atoms with E-state index in [0.717, 1.165) is 17.7 Å². The Morgan fingerprint density at radius 3 is 2.93 bits per heavy atom. The number of aryl methyl sites for hydroxylation is 2. The Balaban J connectivity index is 2.95. The van der Waals surface area contributed by atoms with Crippen LogP contribution in [0.4, 0.5) is 0 Å². The Hall–Kier alpha value is -0.900. The molecule has 0 atom stereocenters. The lowest BCUT2D eigenvalue weighted by molar-refractivity contribution is 0.645. The summed E-state index contributed by atoms with van der Waals surface area (Å²) in [7, 11) is 0. The van der Waals surface area contributed by atoms with Gasteiger partial charge in [-0.1, -0.05) is 5.57 Å². The number of allylic oxidation sites excluding steroid dienone is 1. The minimum absolute atomic E-state index is 0.0289. The number of hydrogen-bond acceptors (Lipinski definition) is 2. The monoisotopic (exact) mass is 256 g/mol. The number of aromatic nitrogens is 2. The first-order chi connectivity index (χ1) is 6.52. The first-order valence-corrected chi connectivity index (χ1v) is 5.17. The molecule has 0 saturated carbocycles. The van der Waals surface area contributed by atoms with E-state index in [2.05, 4.69) is 27.5 Å². The fourth-order valence-corrected chi connectivity index (χ4v) is 1.35. The molecule has 0 unspecified atom stereocenters. The van der Waals surface area contributed by atoms with Crippen LogP contribution in [0.1, 0.15) is 19.0 Å². The van der Waals surface area contributed by atoms with Crippen molar-refractivity contribution in [2.24, 2.45) is 0 Å². The highest BCUT2D eigenvalue weighted by atomic mass is 79.9. The van der Waals surface area contributed by atoms with Crippen molar-refractivity contribution < 1.29 is 0 Å². The molecule has 3 nitrogen and oxygen atoms in total. The van der Waals surface area contributed by atoms with E-state index >= 15 is 0 Å². The van der Waals surface area contributed by atoms with Crippen LogP contribution in [0.2, 0.25) is 0 Å². The van der Waals surface area contributed by atoms with Crippen molar-refractivity contribution in [3.63, 3.8) is 0 Å². The van der Waals surface area contributed by atoms with Crippen LogP contribution < -0.4 is 5.56 Å². The predicted octanol–water partition coefficient (Wildman–Crippen LogP) is 2.28. The maximum Gasteiger partial charge on any atom is 0.267 e. The zero-order chi connectivity index (χ0) is 10.7. The Kier molecular flexibility index (Phi) is 3.63. The van der Waals surface area contributed by atoms with Crippen LogP contribution in [0.3, 0.4) is 0 Å². The number of rotatable bonds is 3. The summed E-state index contributed by atoms with van der Waals surface area (Å²) in [6.07, 6.45) is 2.38. The molecular weight excluding hydrogens is 244 g/mol. The van der Waals surface area contributed by atoms with Gasteiger partial charge in [0.15, 0.2) is 0 Å². The fraction of sp³-hybridized carbons (Fsp3) is 0.400. The van der Waals surface area contributed by atoms with Crippen LogP contribution in [0.15, 0.2) is 27.7 Å². The fourth-order valence-electron chi connectivity index (χ4n) is 1.02. The van der Waals surface area contributed by atoms with Gasteiger partial charge in [-0.25, -0.2) is 4.98 Å². The van der Waals surface area contributed by atoms with Crippen molar-refractivity contribution in [1.82, 2.24) is 9.55 Å². The molecule has 4 heteroatoms. The average molecular weight is 257 g/mol. The van der Waals surface area contributed by atoms with E-state index in [1.165, 1.54) is 0 Å². The van der Waals surface area contributed by atoms with E-state index in [-0.39, 0.29) is 5.56 Å². The molecule has 0 fully saturated rings. The molecule has 1 rings (SSSR count). The smallest absolute Gasteiger partial charge is 0.267 e. The summed E-state index contributed by atoms with van der Waals surface area (Å²) in [5.41, 5.74) is 1.76. The van der Waals surface area contributed by atoms with E-state index in [0.29, 0.717) is 11.0 Å². The highest BCUT2D eigenvalue weighted by molar-refractivity contribution is 9.10. The standard InChI is InChI=1S/C10H13BrN2O/c1-7(2)4-5-13-6-12-8(3)9(11)10(13)14/h6H,1,4-5H2,2-3H3. The lowest BCUT2D eigenvalue weighted by atomic mass is 10.2. The zero-order valence-corrected chi connectivity index (χ0v) is 9.97. The van der Waals surface area contributed by atoms with Crippen molar-refractivity contribution in [2.75, 3.05) is 0 Å². The molecule has 1 heterocycles. The van der Waals surface area contributed by atoms with Gasteiger partial charge in [0.1, 0.15) is 4.47 Å². The third-order valence-corrected chi connectivity index (χ3v) is 2.85. The van der Waals surface area contributed by atoms with Crippen LogP contribution in [0.25, 0.3) is 0 Å². The predicted molar refractivity (Wildman–Crippen MR) is 60.4 cm³/mol. The van der Waals surface area contributed by atoms with Crippen LogP contribution in [0, 0.1) is 6.92 Å². The summed E-state index contributed by atoms with van der Waals surface area (Å²) in [4.78, 5) is 15.8. The average Bonchev–Trinajstić information content (AvgIpc) is 2.13. The summed E-state index contributed by atoms with van der Waals surface area (Å²) in [5.74, 6) is 0. The van der Waals surface area contributed by atoms with Gasteiger partial charge in [0, 0.05) is 6.54 Å². The maximum atomic E-state index is 11.6. The van der Waals surface area contributed by atoms with Crippen molar-refractivity contribution in [3.05, 3.63) is 39.0 Å². The lowest BCUT2D eigenvalue weighted by Gasteiger charge is -2.06. The van der Waals surface area contributed by atoms with Gasteiger partial charge in [-0.3, -0.25) is 9.36 Å². The molecule has 0 aliphatic rings. The van der Waals surface area contributed by atoms with Gasteiger partial charge in [-0.15, -0.1) is 6.58 Å². The van der Waals surface area contributed by atoms with Crippen LogP contribution >= 0.6 is 15.9 Å². The topological polar surface area (TPSA) is 34.9 Å². The Bertz CT molecular complexity index is 409. The van der Waals surface area contributed by atoms with Gasteiger partial charge in [0.05, 0.1) is 12.0 Å².